The predicted molar refractivity (Wildman–Crippen MR) is 113 cm³/mol. The second-order valence-corrected chi connectivity index (χ2v) is 7.40. The number of carbonyl (C=O) groups is 1. The number of piperazine rings is 1. The van der Waals surface area contributed by atoms with Crippen LogP contribution in [0.1, 0.15) is 11.1 Å². The van der Waals surface area contributed by atoms with Gasteiger partial charge in [-0.1, -0.05) is 18.2 Å². The van der Waals surface area contributed by atoms with Crippen LogP contribution in [0.15, 0.2) is 48.9 Å². The summed E-state index contributed by atoms with van der Waals surface area (Å²) in [5.74, 6) is 0. The maximum absolute atomic E-state index is 12.5. The maximum Gasteiger partial charge on any atom is 0.317 e. The molecule has 0 spiro atoms. The number of pyridine rings is 1. The number of nitrogens with one attached hydrogen (secondary N) is 1. The van der Waals surface area contributed by atoms with Crippen molar-refractivity contribution in [3.8, 4) is 0 Å². The van der Waals surface area contributed by atoms with Gasteiger partial charge in [0.1, 0.15) is 0 Å². The van der Waals surface area contributed by atoms with E-state index in [-0.39, 0.29) is 6.03 Å². The van der Waals surface area contributed by atoms with E-state index in [1.807, 2.05) is 29.4 Å². The fourth-order valence-corrected chi connectivity index (χ4v) is 4.09. The Morgan fingerprint density at radius 3 is 2.61 bits per heavy atom. The first kappa shape index (κ1) is 18.3. The summed E-state index contributed by atoms with van der Waals surface area (Å²) >= 11 is 0. The molecular weight excluding hydrogens is 350 g/mol. The molecule has 0 aliphatic carbocycles. The molecule has 146 valence electrons. The second-order valence-electron chi connectivity index (χ2n) is 7.40. The number of aromatic nitrogens is 2. The minimum absolute atomic E-state index is 0.0331. The van der Waals surface area contributed by atoms with Gasteiger partial charge in [0.25, 0.3) is 0 Å². The lowest BCUT2D eigenvalue weighted by molar-refractivity contribution is 0.194. The Balaban J connectivity index is 1.29. The molecule has 1 saturated heterocycles. The minimum Gasteiger partial charge on any atom is -0.368 e. The average Bonchev–Trinajstić information content (AvgIpc) is 3.05. The summed E-state index contributed by atoms with van der Waals surface area (Å²) < 4.78 is 2.18. The predicted octanol–water partition coefficient (Wildman–Crippen LogP) is 2.96. The topological polar surface area (TPSA) is 53.4 Å². The largest absolute Gasteiger partial charge is 0.368 e. The molecule has 0 radical (unpaired) electrons. The first-order valence-corrected chi connectivity index (χ1v) is 9.85. The number of benzene rings is 1. The molecule has 0 bridgehead atoms. The second kappa shape index (κ2) is 7.92. The Morgan fingerprint density at radius 2 is 1.86 bits per heavy atom. The summed E-state index contributed by atoms with van der Waals surface area (Å²) in [5, 5.41) is 4.37. The smallest absolute Gasteiger partial charge is 0.317 e. The Hall–Kier alpha value is -3.02. The van der Waals surface area contributed by atoms with Crippen molar-refractivity contribution < 1.29 is 4.79 Å². The van der Waals surface area contributed by atoms with Gasteiger partial charge in [-0.2, -0.15) is 0 Å². The zero-order valence-corrected chi connectivity index (χ0v) is 16.6. The highest BCUT2D eigenvalue weighted by atomic mass is 16.2. The number of para-hydroxylation sites is 1. The molecule has 6 nitrogen and oxygen atoms in total. The summed E-state index contributed by atoms with van der Waals surface area (Å²) in [6, 6.07) is 10.5. The lowest BCUT2D eigenvalue weighted by Gasteiger charge is -2.36. The average molecular weight is 377 g/mol. The van der Waals surface area contributed by atoms with Gasteiger partial charge >= 0.3 is 6.03 Å². The van der Waals surface area contributed by atoms with Crippen LogP contribution in [0, 0.1) is 6.92 Å². The number of carbonyl (C=O) groups excluding carboxylic acids is 1. The first-order valence-electron chi connectivity index (χ1n) is 9.85. The van der Waals surface area contributed by atoms with E-state index in [1.54, 1.807) is 0 Å². The number of urea groups is 1. The Labute approximate surface area is 165 Å². The summed E-state index contributed by atoms with van der Waals surface area (Å²) in [7, 11) is 2.08. The molecule has 1 fully saturated rings. The summed E-state index contributed by atoms with van der Waals surface area (Å²) in [4.78, 5) is 20.8. The van der Waals surface area contributed by atoms with Gasteiger partial charge in [-0.15, -0.1) is 0 Å². The van der Waals surface area contributed by atoms with Gasteiger partial charge < -0.3 is 19.7 Å². The molecule has 0 saturated carbocycles. The highest BCUT2D eigenvalue weighted by molar-refractivity contribution is 5.86. The van der Waals surface area contributed by atoms with E-state index in [1.165, 1.54) is 27.7 Å². The van der Waals surface area contributed by atoms with Crippen LogP contribution in [0.2, 0.25) is 0 Å². The molecule has 3 aromatic rings. The first-order chi connectivity index (χ1) is 13.6. The Bertz CT molecular complexity index is 958. The van der Waals surface area contributed by atoms with Gasteiger partial charge in [0.2, 0.25) is 0 Å². The van der Waals surface area contributed by atoms with Crippen molar-refractivity contribution in [1.29, 1.82) is 0 Å². The molecule has 1 aliphatic heterocycles. The molecule has 2 aromatic heterocycles. The third-order valence-electron chi connectivity index (χ3n) is 5.55. The number of fused-ring (bicyclic) bond motifs is 1. The van der Waals surface area contributed by atoms with Crippen LogP contribution in [-0.4, -0.2) is 53.2 Å². The summed E-state index contributed by atoms with van der Waals surface area (Å²) in [6.45, 7) is 5.96. The van der Waals surface area contributed by atoms with Gasteiger partial charge in [-0.05, 0) is 36.6 Å². The standard InChI is InChI=1S/C22H27N5O/c1-17-4-3-5-20-18(16-25(2)21(17)20)6-11-24-22(28)27-14-12-26(13-15-27)19-7-9-23-10-8-19/h3-5,7-10,16H,6,11-15H2,1-2H3,(H,24,28). The van der Waals surface area contributed by atoms with Crippen LogP contribution in [0.4, 0.5) is 10.5 Å². The zero-order chi connectivity index (χ0) is 19.5. The molecule has 0 atom stereocenters. The Morgan fingerprint density at radius 1 is 1.11 bits per heavy atom. The van der Waals surface area contributed by atoms with E-state index in [0.29, 0.717) is 6.54 Å². The summed E-state index contributed by atoms with van der Waals surface area (Å²) in [6.07, 6.45) is 6.63. The van der Waals surface area contributed by atoms with Crippen molar-refractivity contribution in [2.45, 2.75) is 13.3 Å². The highest BCUT2D eigenvalue weighted by Crippen LogP contribution is 2.23. The van der Waals surface area contributed by atoms with E-state index >= 15 is 0 Å². The molecule has 1 aromatic carbocycles. The van der Waals surface area contributed by atoms with Crippen molar-refractivity contribution in [1.82, 2.24) is 19.8 Å². The number of nitrogens with zero attached hydrogens (tertiary/aromatic N) is 4. The zero-order valence-electron chi connectivity index (χ0n) is 16.6. The third kappa shape index (κ3) is 3.67. The number of aryl methyl sites for hydroxylation is 2. The molecule has 1 N–H and O–H groups in total. The fourth-order valence-electron chi connectivity index (χ4n) is 4.09. The van der Waals surface area contributed by atoms with Crippen LogP contribution in [0.25, 0.3) is 10.9 Å². The van der Waals surface area contributed by atoms with Crippen LogP contribution in [0.3, 0.4) is 0 Å². The molecule has 0 unspecified atom stereocenters. The Kier molecular flexibility index (Phi) is 5.19. The maximum atomic E-state index is 12.5. The van der Waals surface area contributed by atoms with E-state index in [4.69, 9.17) is 0 Å². The molecule has 1 aliphatic rings. The number of amides is 2. The van der Waals surface area contributed by atoms with Crippen LogP contribution >= 0.6 is 0 Å². The van der Waals surface area contributed by atoms with Crippen molar-refractivity contribution in [3.63, 3.8) is 0 Å². The van der Waals surface area contributed by atoms with E-state index < -0.39 is 0 Å². The third-order valence-corrected chi connectivity index (χ3v) is 5.55. The molecule has 28 heavy (non-hydrogen) atoms. The van der Waals surface area contributed by atoms with Crippen LogP contribution in [0.5, 0.6) is 0 Å². The molecule has 4 rings (SSSR count). The molecular formula is C22H27N5O. The highest BCUT2D eigenvalue weighted by Gasteiger charge is 2.21. The number of rotatable bonds is 4. The molecule has 3 heterocycles. The van der Waals surface area contributed by atoms with Gasteiger partial charge in [-0.25, -0.2) is 4.79 Å². The van der Waals surface area contributed by atoms with Gasteiger partial charge in [0, 0.05) is 69.4 Å². The van der Waals surface area contributed by atoms with Gasteiger partial charge in [0.15, 0.2) is 0 Å². The monoisotopic (exact) mass is 377 g/mol. The van der Waals surface area contributed by atoms with Crippen LogP contribution < -0.4 is 10.2 Å². The molecule has 2 amide bonds. The van der Waals surface area contributed by atoms with Crippen molar-refractivity contribution in [2.75, 3.05) is 37.6 Å². The van der Waals surface area contributed by atoms with Crippen LogP contribution in [-0.2, 0) is 13.5 Å². The lowest BCUT2D eigenvalue weighted by Crippen LogP contribution is -2.52. The van der Waals surface area contributed by atoms with E-state index in [0.717, 1.165) is 32.6 Å². The van der Waals surface area contributed by atoms with Gasteiger partial charge in [-0.3, -0.25) is 4.98 Å². The minimum atomic E-state index is 0.0331. The summed E-state index contributed by atoms with van der Waals surface area (Å²) in [5.41, 5.74) is 5.00. The molecule has 6 heteroatoms. The van der Waals surface area contributed by atoms with Gasteiger partial charge in [0.05, 0.1) is 5.52 Å². The quantitative estimate of drug-likeness (QED) is 0.761. The lowest BCUT2D eigenvalue weighted by atomic mass is 10.1. The van der Waals surface area contributed by atoms with Crippen molar-refractivity contribution in [3.05, 3.63) is 60.0 Å². The van der Waals surface area contributed by atoms with Crippen molar-refractivity contribution in [2.24, 2.45) is 7.05 Å². The van der Waals surface area contributed by atoms with E-state index in [2.05, 4.69) is 58.1 Å². The number of hydrogen-bond donors (Lipinski definition) is 1. The normalized spacial score (nSPS) is 14.5. The van der Waals surface area contributed by atoms with Crippen molar-refractivity contribution >= 4 is 22.6 Å². The van der Waals surface area contributed by atoms with E-state index in [9.17, 15) is 4.79 Å². The number of hydrogen-bond acceptors (Lipinski definition) is 3. The number of anilines is 1. The SMILES string of the molecule is Cc1cccc2c(CCNC(=O)N3CCN(c4ccncc4)CC3)cn(C)c12. The fraction of sp³-hybridized carbons (Fsp3) is 0.364.